The molecule has 1 heterocycles. The van der Waals surface area contributed by atoms with Gasteiger partial charge >= 0.3 is 0 Å². The number of rotatable bonds is 6. The molecule has 2 aromatic rings. The molecule has 2 atom stereocenters. The van der Waals surface area contributed by atoms with E-state index in [2.05, 4.69) is 61.1 Å². The smallest absolute Gasteiger partial charge is 0.0640 e. The Morgan fingerprint density at radius 3 is 2.57 bits per heavy atom. The van der Waals surface area contributed by atoms with Crippen LogP contribution in [0.2, 0.25) is 0 Å². The summed E-state index contributed by atoms with van der Waals surface area (Å²) in [5.41, 5.74) is 9.23. The Labute approximate surface area is 127 Å². The zero-order valence-electron chi connectivity index (χ0n) is 13.0. The molecule has 21 heavy (non-hydrogen) atoms. The first-order chi connectivity index (χ1) is 10.2. The molecule has 0 aliphatic heterocycles. The first-order valence-electron chi connectivity index (χ1n) is 8.01. The molecule has 1 aromatic carbocycles. The van der Waals surface area contributed by atoms with E-state index in [0.717, 1.165) is 18.5 Å². The maximum absolute atomic E-state index is 6.55. The van der Waals surface area contributed by atoms with Gasteiger partial charge in [-0.1, -0.05) is 37.3 Å². The molecular formula is C18H25N3. The van der Waals surface area contributed by atoms with Gasteiger partial charge in [0, 0.05) is 30.1 Å². The number of nitrogens with zero attached hydrogens (tertiary/aromatic N) is 2. The van der Waals surface area contributed by atoms with E-state index < -0.39 is 0 Å². The van der Waals surface area contributed by atoms with Gasteiger partial charge in [-0.05, 0) is 37.8 Å². The summed E-state index contributed by atoms with van der Waals surface area (Å²) in [5, 5.41) is 4.69. The van der Waals surface area contributed by atoms with Crippen molar-refractivity contribution in [1.29, 1.82) is 0 Å². The lowest BCUT2D eigenvalue weighted by Gasteiger charge is -2.23. The molecule has 3 nitrogen and oxygen atoms in total. The van der Waals surface area contributed by atoms with Crippen LogP contribution in [0.4, 0.5) is 0 Å². The Balaban J connectivity index is 1.72. The summed E-state index contributed by atoms with van der Waals surface area (Å²) in [6.07, 6.45) is 6.44. The minimum absolute atomic E-state index is 0.153. The molecule has 1 aliphatic carbocycles. The molecule has 1 fully saturated rings. The largest absolute Gasteiger partial charge is 0.327 e. The molecule has 112 valence electrons. The number of benzene rings is 1. The second-order valence-corrected chi connectivity index (χ2v) is 6.38. The Bertz CT molecular complexity index is 584. The number of hydrogen-bond donors (Lipinski definition) is 1. The van der Waals surface area contributed by atoms with Crippen LogP contribution in [0, 0.1) is 0 Å². The highest BCUT2D eigenvalue weighted by molar-refractivity contribution is 5.34. The third-order valence-electron chi connectivity index (χ3n) is 4.98. The third kappa shape index (κ3) is 2.75. The van der Waals surface area contributed by atoms with Crippen molar-refractivity contribution in [2.75, 3.05) is 0 Å². The standard InChI is InChI=1S/C18H25N3/c1-3-14(2)21-12-9-16(20-21)13-17(19)18(10-11-18)15-7-5-4-6-8-15/h4-9,12,14,17H,3,10-11,13,19H2,1-2H3. The van der Waals surface area contributed by atoms with Crippen molar-refractivity contribution < 1.29 is 0 Å². The van der Waals surface area contributed by atoms with Crippen molar-refractivity contribution in [3.63, 3.8) is 0 Å². The van der Waals surface area contributed by atoms with Crippen molar-refractivity contribution in [1.82, 2.24) is 9.78 Å². The minimum Gasteiger partial charge on any atom is -0.327 e. The van der Waals surface area contributed by atoms with E-state index >= 15 is 0 Å². The van der Waals surface area contributed by atoms with E-state index in [1.165, 1.54) is 18.4 Å². The normalized spacial score (nSPS) is 19.2. The Kier molecular flexibility index (Phi) is 3.85. The molecule has 0 saturated heterocycles. The van der Waals surface area contributed by atoms with Crippen LogP contribution in [0.1, 0.15) is 50.4 Å². The predicted molar refractivity (Wildman–Crippen MR) is 86.3 cm³/mol. The Morgan fingerprint density at radius 1 is 1.24 bits per heavy atom. The molecule has 3 heteroatoms. The quantitative estimate of drug-likeness (QED) is 0.882. The van der Waals surface area contributed by atoms with Crippen molar-refractivity contribution in [2.24, 2.45) is 5.73 Å². The van der Waals surface area contributed by atoms with Crippen molar-refractivity contribution >= 4 is 0 Å². The van der Waals surface area contributed by atoms with E-state index in [9.17, 15) is 0 Å². The summed E-state index contributed by atoms with van der Waals surface area (Å²) in [7, 11) is 0. The van der Waals surface area contributed by atoms with Crippen LogP contribution < -0.4 is 5.73 Å². The average molecular weight is 283 g/mol. The lowest BCUT2D eigenvalue weighted by atomic mass is 9.86. The maximum atomic E-state index is 6.55. The molecule has 3 rings (SSSR count). The lowest BCUT2D eigenvalue weighted by molar-refractivity contribution is 0.463. The highest BCUT2D eigenvalue weighted by Gasteiger charge is 2.49. The summed E-state index contributed by atoms with van der Waals surface area (Å²) >= 11 is 0. The molecule has 1 saturated carbocycles. The second kappa shape index (κ2) is 5.64. The highest BCUT2D eigenvalue weighted by Crippen LogP contribution is 2.50. The van der Waals surface area contributed by atoms with Crippen LogP contribution in [0.15, 0.2) is 42.6 Å². The topological polar surface area (TPSA) is 43.8 Å². The zero-order valence-corrected chi connectivity index (χ0v) is 13.0. The van der Waals surface area contributed by atoms with E-state index in [1.807, 2.05) is 0 Å². The second-order valence-electron chi connectivity index (χ2n) is 6.38. The first-order valence-corrected chi connectivity index (χ1v) is 8.01. The van der Waals surface area contributed by atoms with Crippen LogP contribution in [-0.2, 0) is 11.8 Å². The SMILES string of the molecule is CCC(C)n1ccc(CC(N)C2(c3ccccc3)CC2)n1. The molecule has 2 unspecified atom stereocenters. The average Bonchev–Trinajstić information content (AvgIpc) is 3.22. The van der Waals surface area contributed by atoms with E-state index in [4.69, 9.17) is 10.8 Å². The van der Waals surface area contributed by atoms with Crippen molar-refractivity contribution in [2.45, 2.75) is 57.0 Å². The maximum Gasteiger partial charge on any atom is 0.0640 e. The molecule has 2 N–H and O–H groups in total. The summed E-state index contributed by atoms with van der Waals surface area (Å²) < 4.78 is 2.06. The predicted octanol–water partition coefficient (Wildman–Crippen LogP) is 3.46. The summed E-state index contributed by atoms with van der Waals surface area (Å²) in [5.74, 6) is 0. The molecule has 1 aromatic heterocycles. The fraction of sp³-hybridized carbons (Fsp3) is 0.500. The van der Waals surface area contributed by atoms with Gasteiger partial charge < -0.3 is 5.73 Å². The van der Waals surface area contributed by atoms with Crippen LogP contribution in [0.3, 0.4) is 0 Å². The lowest BCUT2D eigenvalue weighted by Crippen LogP contribution is -2.37. The summed E-state index contributed by atoms with van der Waals surface area (Å²) in [4.78, 5) is 0. The molecule has 0 spiro atoms. The molecule has 0 amide bonds. The van der Waals surface area contributed by atoms with Gasteiger partial charge in [-0.3, -0.25) is 4.68 Å². The van der Waals surface area contributed by atoms with Crippen LogP contribution >= 0.6 is 0 Å². The van der Waals surface area contributed by atoms with Gasteiger partial charge in [-0.25, -0.2) is 0 Å². The van der Waals surface area contributed by atoms with Crippen LogP contribution in [0.5, 0.6) is 0 Å². The first kappa shape index (κ1) is 14.3. The van der Waals surface area contributed by atoms with E-state index in [1.54, 1.807) is 0 Å². The third-order valence-corrected chi connectivity index (χ3v) is 4.98. The van der Waals surface area contributed by atoms with Gasteiger partial charge in [0.15, 0.2) is 0 Å². The van der Waals surface area contributed by atoms with Crippen LogP contribution in [0.25, 0.3) is 0 Å². The Hall–Kier alpha value is -1.61. The van der Waals surface area contributed by atoms with Gasteiger partial charge in [0.1, 0.15) is 0 Å². The molecule has 1 aliphatic rings. The summed E-state index contributed by atoms with van der Waals surface area (Å²) in [6.45, 7) is 4.38. The number of nitrogens with two attached hydrogens (primary N) is 1. The fourth-order valence-corrected chi connectivity index (χ4v) is 3.12. The van der Waals surface area contributed by atoms with Crippen molar-refractivity contribution in [3.8, 4) is 0 Å². The Morgan fingerprint density at radius 2 is 1.95 bits per heavy atom. The monoisotopic (exact) mass is 283 g/mol. The van der Waals surface area contributed by atoms with Crippen molar-refractivity contribution in [3.05, 3.63) is 53.9 Å². The van der Waals surface area contributed by atoms with Gasteiger partial charge in [-0.15, -0.1) is 0 Å². The molecule has 0 bridgehead atoms. The number of hydrogen-bond acceptors (Lipinski definition) is 2. The minimum atomic E-state index is 0.153. The van der Waals surface area contributed by atoms with Gasteiger partial charge in [0.25, 0.3) is 0 Å². The summed E-state index contributed by atoms with van der Waals surface area (Å²) in [6, 6.07) is 13.4. The van der Waals surface area contributed by atoms with E-state index in [0.29, 0.717) is 6.04 Å². The van der Waals surface area contributed by atoms with Gasteiger partial charge in [0.2, 0.25) is 0 Å². The number of aromatic nitrogens is 2. The fourth-order valence-electron chi connectivity index (χ4n) is 3.12. The van der Waals surface area contributed by atoms with Crippen LogP contribution in [-0.4, -0.2) is 15.8 Å². The molecular weight excluding hydrogens is 258 g/mol. The van der Waals surface area contributed by atoms with E-state index in [-0.39, 0.29) is 11.5 Å². The highest BCUT2D eigenvalue weighted by atomic mass is 15.3. The zero-order chi connectivity index (χ0) is 14.9. The van der Waals surface area contributed by atoms with Gasteiger partial charge in [0.05, 0.1) is 5.69 Å². The van der Waals surface area contributed by atoms with Gasteiger partial charge in [-0.2, -0.15) is 5.10 Å². The molecule has 0 radical (unpaired) electrons.